The third-order valence-corrected chi connectivity index (χ3v) is 5.36. The molecule has 1 saturated heterocycles. The monoisotopic (exact) mass is 551 g/mol. The van der Waals surface area contributed by atoms with Crippen LogP contribution in [0.3, 0.4) is 0 Å². The zero-order chi connectivity index (χ0) is 21.9. The van der Waals surface area contributed by atoms with Crippen molar-refractivity contribution in [1.82, 2.24) is 20.9 Å². The van der Waals surface area contributed by atoms with Crippen LogP contribution < -0.4 is 16.0 Å². The first-order chi connectivity index (χ1) is 15.2. The smallest absolute Gasteiger partial charge is 0.251 e. The van der Waals surface area contributed by atoms with Crippen LogP contribution in [0.2, 0.25) is 0 Å². The number of halogens is 1. The number of phenols is 1. The Balaban J connectivity index is 0.00000363. The van der Waals surface area contributed by atoms with Gasteiger partial charge in [0.1, 0.15) is 5.75 Å². The predicted octanol–water partition coefficient (Wildman–Crippen LogP) is 3.13. The van der Waals surface area contributed by atoms with Crippen LogP contribution >= 0.6 is 24.0 Å². The molecule has 32 heavy (non-hydrogen) atoms. The Bertz CT molecular complexity index is 839. The highest BCUT2D eigenvalue weighted by molar-refractivity contribution is 14.0. The Hall–Kier alpha value is -2.33. The topological polar surface area (TPSA) is 89.0 Å². The van der Waals surface area contributed by atoms with Gasteiger partial charge in [0.05, 0.1) is 12.6 Å². The van der Waals surface area contributed by atoms with Gasteiger partial charge in [0.25, 0.3) is 5.91 Å². The number of hydrogen-bond acceptors (Lipinski definition) is 4. The van der Waals surface area contributed by atoms with Crippen LogP contribution in [0.1, 0.15) is 41.7 Å². The van der Waals surface area contributed by atoms with Gasteiger partial charge in [0, 0.05) is 25.2 Å². The van der Waals surface area contributed by atoms with E-state index in [2.05, 4.69) is 45.1 Å². The summed E-state index contributed by atoms with van der Waals surface area (Å²) in [6, 6.07) is 17.1. The number of nitrogens with one attached hydrogen (secondary N) is 3. The lowest BCUT2D eigenvalue weighted by atomic mass is 10.1. The first-order valence-corrected chi connectivity index (χ1v) is 11.1. The molecule has 0 radical (unpaired) electrons. The van der Waals surface area contributed by atoms with E-state index in [1.165, 1.54) is 30.5 Å². The second-order valence-electron chi connectivity index (χ2n) is 7.62. The van der Waals surface area contributed by atoms with Gasteiger partial charge in [-0.3, -0.25) is 14.7 Å². The maximum Gasteiger partial charge on any atom is 0.251 e. The summed E-state index contributed by atoms with van der Waals surface area (Å²) >= 11 is 0. The molecule has 1 aliphatic rings. The van der Waals surface area contributed by atoms with E-state index < -0.39 is 0 Å². The van der Waals surface area contributed by atoms with Gasteiger partial charge < -0.3 is 21.1 Å². The van der Waals surface area contributed by atoms with Crippen LogP contribution in [-0.4, -0.2) is 61.1 Å². The van der Waals surface area contributed by atoms with Crippen molar-refractivity contribution in [1.29, 1.82) is 0 Å². The van der Waals surface area contributed by atoms with Crippen molar-refractivity contribution in [2.45, 2.75) is 25.8 Å². The van der Waals surface area contributed by atoms with Crippen LogP contribution in [0.5, 0.6) is 5.75 Å². The van der Waals surface area contributed by atoms with Gasteiger partial charge in [0.15, 0.2) is 5.96 Å². The van der Waals surface area contributed by atoms with Gasteiger partial charge in [-0.25, -0.2) is 0 Å². The van der Waals surface area contributed by atoms with Gasteiger partial charge >= 0.3 is 0 Å². The minimum atomic E-state index is -0.165. The number of rotatable bonds is 9. The van der Waals surface area contributed by atoms with E-state index in [9.17, 15) is 9.90 Å². The lowest BCUT2D eigenvalue weighted by Gasteiger charge is -2.27. The molecule has 0 spiro atoms. The summed E-state index contributed by atoms with van der Waals surface area (Å²) < 4.78 is 0. The van der Waals surface area contributed by atoms with E-state index in [-0.39, 0.29) is 41.7 Å². The van der Waals surface area contributed by atoms with Gasteiger partial charge in [-0.05, 0) is 62.7 Å². The highest BCUT2D eigenvalue weighted by Gasteiger charge is 2.23. The number of nitrogens with zero attached hydrogens (tertiary/aromatic N) is 2. The SMILES string of the molecule is CCNC(=NCC(c1ccccc1)N1CCCC1)NCCNC(=O)c1ccc(O)cc1.I. The second kappa shape index (κ2) is 13.9. The Morgan fingerprint density at radius 3 is 2.31 bits per heavy atom. The van der Waals surface area contributed by atoms with Crippen molar-refractivity contribution in [2.24, 2.45) is 4.99 Å². The summed E-state index contributed by atoms with van der Waals surface area (Å²) in [6.45, 7) is 6.75. The van der Waals surface area contributed by atoms with E-state index in [1.807, 2.05) is 13.0 Å². The Morgan fingerprint density at radius 1 is 1.00 bits per heavy atom. The summed E-state index contributed by atoms with van der Waals surface area (Å²) in [6.07, 6.45) is 2.48. The number of amides is 1. The first kappa shape index (κ1) is 25.9. The molecule has 174 valence electrons. The molecule has 1 aliphatic heterocycles. The fourth-order valence-corrected chi connectivity index (χ4v) is 3.75. The van der Waals surface area contributed by atoms with Crippen LogP contribution in [-0.2, 0) is 0 Å². The van der Waals surface area contributed by atoms with Crippen molar-refractivity contribution < 1.29 is 9.90 Å². The number of aliphatic imine (C=N–C) groups is 1. The zero-order valence-electron chi connectivity index (χ0n) is 18.6. The molecule has 1 fully saturated rings. The van der Waals surface area contributed by atoms with Gasteiger partial charge in [-0.2, -0.15) is 0 Å². The number of hydrogen-bond donors (Lipinski definition) is 4. The largest absolute Gasteiger partial charge is 0.508 e. The summed E-state index contributed by atoms with van der Waals surface area (Å²) in [4.78, 5) is 19.5. The molecule has 0 bridgehead atoms. The van der Waals surface area contributed by atoms with Gasteiger partial charge in [0.2, 0.25) is 0 Å². The molecule has 0 saturated carbocycles. The van der Waals surface area contributed by atoms with E-state index in [4.69, 9.17) is 4.99 Å². The normalized spacial score (nSPS) is 15.0. The van der Waals surface area contributed by atoms with E-state index in [0.717, 1.165) is 25.6 Å². The number of guanidine groups is 1. The average Bonchev–Trinajstić information content (AvgIpc) is 3.32. The first-order valence-electron chi connectivity index (χ1n) is 11.1. The third kappa shape index (κ3) is 7.98. The van der Waals surface area contributed by atoms with Crippen molar-refractivity contribution in [3.05, 3.63) is 65.7 Å². The van der Waals surface area contributed by atoms with Crippen molar-refractivity contribution >= 4 is 35.8 Å². The fourth-order valence-electron chi connectivity index (χ4n) is 3.75. The third-order valence-electron chi connectivity index (χ3n) is 5.36. The number of aromatic hydroxyl groups is 1. The standard InChI is InChI=1S/C24H33N5O2.HI/c1-2-25-24(27-15-14-26-23(31)20-10-12-21(30)13-11-20)28-18-22(29-16-6-7-17-29)19-8-4-3-5-9-19;/h3-5,8-13,22,30H,2,6-7,14-18H2,1H3,(H,26,31)(H2,25,27,28);1H. The predicted molar refractivity (Wildman–Crippen MR) is 140 cm³/mol. The molecule has 1 amide bonds. The average molecular weight is 551 g/mol. The molecule has 4 N–H and O–H groups in total. The minimum absolute atomic E-state index is 0. The van der Waals surface area contributed by atoms with Crippen LogP contribution in [0.15, 0.2) is 59.6 Å². The van der Waals surface area contributed by atoms with E-state index in [0.29, 0.717) is 25.2 Å². The number of carbonyl (C=O) groups excluding carboxylic acids is 1. The molecule has 2 aromatic rings. The molecular weight excluding hydrogens is 517 g/mol. The molecule has 0 aliphatic carbocycles. The van der Waals surface area contributed by atoms with Gasteiger partial charge in [-0.15, -0.1) is 24.0 Å². The maximum absolute atomic E-state index is 12.2. The molecule has 8 heteroatoms. The summed E-state index contributed by atoms with van der Waals surface area (Å²) in [5.41, 5.74) is 1.82. The van der Waals surface area contributed by atoms with E-state index in [1.54, 1.807) is 12.1 Å². The van der Waals surface area contributed by atoms with Crippen LogP contribution in [0.4, 0.5) is 0 Å². The highest BCUT2D eigenvalue weighted by atomic mass is 127. The Labute approximate surface area is 207 Å². The lowest BCUT2D eigenvalue weighted by molar-refractivity contribution is 0.0954. The molecule has 1 heterocycles. The summed E-state index contributed by atoms with van der Waals surface area (Å²) in [5.74, 6) is 0.732. The number of benzene rings is 2. The van der Waals surface area contributed by atoms with Gasteiger partial charge in [-0.1, -0.05) is 30.3 Å². The summed E-state index contributed by atoms with van der Waals surface area (Å²) in [7, 11) is 0. The van der Waals surface area contributed by atoms with Crippen molar-refractivity contribution in [3.8, 4) is 5.75 Å². The molecule has 1 atom stereocenters. The Kier molecular flexibility index (Phi) is 11.3. The maximum atomic E-state index is 12.2. The number of likely N-dealkylation sites (tertiary alicyclic amines) is 1. The lowest BCUT2D eigenvalue weighted by Crippen LogP contribution is -2.42. The molecule has 7 nitrogen and oxygen atoms in total. The fraction of sp³-hybridized carbons (Fsp3) is 0.417. The molecule has 3 rings (SSSR count). The molecule has 1 unspecified atom stereocenters. The summed E-state index contributed by atoms with van der Waals surface area (Å²) in [5, 5.41) is 18.8. The second-order valence-corrected chi connectivity index (χ2v) is 7.62. The van der Waals surface area contributed by atoms with E-state index >= 15 is 0 Å². The molecule has 0 aromatic heterocycles. The quantitative estimate of drug-likeness (QED) is 0.167. The van der Waals surface area contributed by atoms with Crippen molar-refractivity contribution in [2.75, 3.05) is 39.3 Å². The Morgan fingerprint density at radius 2 is 1.66 bits per heavy atom. The zero-order valence-corrected chi connectivity index (χ0v) is 20.9. The number of carbonyl (C=O) groups is 1. The molecular formula is C24H34IN5O2. The van der Waals surface area contributed by atoms with Crippen molar-refractivity contribution in [3.63, 3.8) is 0 Å². The highest BCUT2D eigenvalue weighted by Crippen LogP contribution is 2.25. The minimum Gasteiger partial charge on any atom is -0.508 e. The van der Waals surface area contributed by atoms with Crippen LogP contribution in [0.25, 0.3) is 0 Å². The molecule has 2 aromatic carbocycles. The van der Waals surface area contributed by atoms with Crippen LogP contribution in [0, 0.1) is 0 Å². The number of phenolic OH excluding ortho intramolecular Hbond substituents is 1.